The van der Waals surface area contributed by atoms with Gasteiger partial charge in [0.1, 0.15) is 10.6 Å². The van der Waals surface area contributed by atoms with Crippen LogP contribution in [0.15, 0.2) is 47.4 Å². The van der Waals surface area contributed by atoms with E-state index in [2.05, 4.69) is 5.32 Å². The summed E-state index contributed by atoms with van der Waals surface area (Å²) in [5.74, 6) is 0.180. The molecule has 0 aliphatic carbocycles. The maximum atomic E-state index is 12.9. The van der Waals surface area contributed by atoms with Gasteiger partial charge in [-0.3, -0.25) is 4.79 Å². The van der Waals surface area contributed by atoms with E-state index in [4.69, 9.17) is 27.9 Å². The normalized spacial score (nSPS) is 15.8. The number of halogens is 2. The van der Waals surface area contributed by atoms with Gasteiger partial charge >= 0.3 is 0 Å². The van der Waals surface area contributed by atoms with Gasteiger partial charge in [-0.05, 0) is 50.1 Å². The van der Waals surface area contributed by atoms with Crippen molar-refractivity contribution in [3.05, 3.63) is 52.5 Å². The summed E-state index contributed by atoms with van der Waals surface area (Å²) < 4.78 is 32.7. The van der Waals surface area contributed by atoms with Crippen molar-refractivity contribution >= 4 is 44.8 Å². The smallest absolute Gasteiger partial charge is 0.244 e. The Balaban J connectivity index is 1.66. The minimum Gasteiger partial charge on any atom is -0.492 e. The van der Waals surface area contributed by atoms with Gasteiger partial charge < -0.3 is 10.1 Å². The average molecular weight is 457 g/mol. The first kappa shape index (κ1) is 21.9. The van der Waals surface area contributed by atoms with Crippen molar-refractivity contribution in [3.8, 4) is 5.75 Å². The lowest BCUT2D eigenvalue weighted by Gasteiger charge is -2.31. The highest BCUT2D eigenvalue weighted by Gasteiger charge is 2.33. The Morgan fingerprint density at radius 2 is 1.86 bits per heavy atom. The Hall–Kier alpha value is -1.80. The van der Waals surface area contributed by atoms with Gasteiger partial charge in [0.25, 0.3) is 0 Å². The molecule has 1 fully saturated rings. The number of rotatable bonds is 6. The zero-order chi connectivity index (χ0) is 21.0. The molecule has 0 saturated carbocycles. The lowest BCUT2D eigenvalue weighted by atomic mass is 9.97. The van der Waals surface area contributed by atoms with Crippen molar-refractivity contribution in [1.29, 1.82) is 0 Å². The number of carbonyl (C=O) groups excluding carboxylic acids is 1. The number of piperidine rings is 1. The fraction of sp³-hybridized carbons (Fsp3) is 0.350. The minimum absolute atomic E-state index is 0.0137. The quantitative estimate of drug-likeness (QED) is 0.697. The van der Waals surface area contributed by atoms with Crippen molar-refractivity contribution in [1.82, 2.24) is 4.31 Å². The molecule has 1 aliphatic rings. The van der Waals surface area contributed by atoms with Gasteiger partial charge in [-0.2, -0.15) is 4.31 Å². The molecule has 29 heavy (non-hydrogen) atoms. The molecule has 1 heterocycles. The predicted octanol–water partition coefficient (Wildman–Crippen LogP) is 4.43. The molecule has 1 amide bonds. The first-order chi connectivity index (χ1) is 13.8. The fourth-order valence-electron chi connectivity index (χ4n) is 3.26. The summed E-state index contributed by atoms with van der Waals surface area (Å²) in [4.78, 5) is 12.7. The molecule has 0 spiro atoms. The summed E-state index contributed by atoms with van der Waals surface area (Å²) in [5, 5.41) is 3.32. The Morgan fingerprint density at radius 3 is 2.55 bits per heavy atom. The number of nitrogens with one attached hydrogen (secondary N) is 1. The van der Waals surface area contributed by atoms with Gasteiger partial charge in [-0.1, -0.05) is 35.3 Å². The van der Waals surface area contributed by atoms with Gasteiger partial charge in [-0.25, -0.2) is 8.42 Å². The number of hydrogen-bond acceptors (Lipinski definition) is 4. The summed E-state index contributed by atoms with van der Waals surface area (Å²) in [6.45, 7) is 2.84. The number of sulfonamides is 1. The molecule has 1 aliphatic heterocycles. The molecule has 2 aromatic rings. The van der Waals surface area contributed by atoms with Crippen LogP contribution in [0.1, 0.15) is 19.8 Å². The van der Waals surface area contributed by atoms with Crippen molar-refractivity contribution in [2.75, 3.05) is 25.0 Å². The van der Waals surface area contributed by atoms with Crippen LogP contribution in [-0.4, -0.2) is 38.3 Å². The minimum atomic E-state index is -3.77. The Bertz CT molecular complexity index is 990. The third kappa shape index (κ3) is 5.04. The number of benzene rings is 2. The van der Waals surface area contributed by atoms with E-state index in [1.165, 1.54) is 16.4 Å². The van der Waals surface area contributed by atoms with Crippen LogP contribution in [-0.2, 0) is 14.8 Å². The summed E-state index contributed by atoms with van der Waals surface area (Å²) in [5.41, 5.74) is 0.611. The maximum Gasteiger partial charge on any atom is 0.244 e. The molecule has 1 saturated heterocycles. The Labute approximate surface area is 180 Å². The van der Waals surface area contributed by atoms with E-state index in [9.17, 15) is 13.2 Å². The van der Waals surface area contributed by atoms with Crippen molar-refractivity contribution in [2.45, 2.75) is 24.7 Å². The number of carbonyl (C=O) groups is 1. The highest BCUT2D eigenvalue weighted by atomic mass is 35.5. The van der Waals surface area contributed by atoms with Crippen LogP contribution in [0.3, 0.4) is 0 Å². The van der Waals surface area contributed by atoms with E-state index in [-0.39, 0.29) is 34.8 Å². The molecule has 3 rings (SSSR count). The molecule has 1 N–H and O–H groups in total. The largest absolute Gasteiger partial charge is 0.492 e. The summed E-state index contributed by atoms with van der Waals surface area (Å²) in [7, 11) is -3.77. The number of hydrogen-bond donors (Lipinski definition) is 1. The molecule has 9 heteroatoms. The molecule has 0 unspecified atom stereocenters. The Kier molecular flexibility index (Phi) is 7.05. The second-order valence-corrected chi connectivity index (χ2v) is 9.42. The maximum absolute atomic E-state index is 12.9. The van der Waals surface area contributed by atoms with Crippen molar-refractivity contribution in [2.24, 2.45) is 5.92 Å². The van der Waals surface area contributed by atoms with Gasteiger partial charge in [0, 0.05) is 24.0 Å². The van der Waals surface area contributed by atoms with E-state index in [1.807, 2.05) is 19.1 Å². The van der Waals surface area contributed by atoms with E-state index in [0.29, 0.717) is 35.9 Å². The predicted molar refractivity (Wildman–Crippen MR) is 114 cm³/mol. The van der Waals surface area contributed by atoms with Crippen LogP contribution in [0.4, 0.5) is 5.69 Å². The highest BCUT2D eigenvalue weighted by Crippen LogP contribution is 2.31. The molecule has 0 atom stereocenters. The molecule has 0 aromatic heterocycles. The number of amides is 1. The molecule has 6 nitrogen and oxygen atoms in total. The van der Waals surface area contributed by atoms with Crippen LogP contribution in [0.2, 0.25) is 10.0 Å². The molecule has 0 bridgehead atoms. The van der Waals surface area contributed by atoms with Crippen LogP contribution >= 0.6 is 23.2 Å². The molecule has 2 aromatic carbocycles. The molecular formula is C20H22Cl2N2O4S. The average Bonchev–Trinajstić information content (AvgIpc) is 2.71. The topological polar surface area (TPSA) is 75.7 Å². The SMILES string of the molecule is CCOc1ccccc1NC(=O)C1CCN(S(=O)(=O)c2cc(Cl)ccc2Cl)CC1. The first-order valence-corrected chi connectivity index (χ1v) is 11.5. The van der Waals surface area contributed by atoms with Gasteiger partial charge in [0.05, 0.1) is 17.3 Å². The first-order valence-electron chi connectivity index (χ1n) is 9.31. The third-order valence-corrected chi connectivity index (χ3v) is 7.40. The molecular weight excluding hydrogens is 435 g/mol. The summed E-state index contributed by atoms with van der Waals surface area (Å²) in [6.07, 6.45) is 0.833. The van der Waals surface area contributed by atoms with Gasteiger partial charge in [-0.15, -0.1) is 0 Å². The molecule has 0 radical (unpaired) electrons. The zero-order valence-corrected chi connectivity index (χ0v) is 18.2. The van der Waals surface area contributed by atoms with Crippen LogP contribution in [0.25, 0.3) is 0 Å². The zero-order valence-electron chi connectivity index (χ0n) is 15.9. The fourth-order valence-corrected chi connectivity index (χ4v) is 5.47. The van der Waals surface area contributed by atoms with Crippen LogP contribution in [0, 0.1) is 5.92 Å². The second-order valence-electron chi connectivity index (χ2n) is 6.67. The Morgan fingerprint density at radius 1 is 1.17 bits per heavy atom. The lowest BCUT2D eigenvalue weighted by Crippen LogP contribution is -2.41. The molecule has 156 valence electrons. The number of nitrogens with zero attached hydrogens (tertiary/aromatic N) is 1. The van der Waals surface area contributed by atoms with E-state index in [0.717, 1.165) is 0 Å². The summed E-state index contributed by atoms with van der Waals surface area (Å²) in [6, 6.07) is 11.6. The third-order valence-electron chi connectivity index (χ3n) is 4.78. The standard InChI is InChI=1S/C20H22Cl2N2O4S/c1-2-28-18-6-4-3-5-17(18)23-20(25)14-9-11-24(12-10-14)29(26,27)19-13-15(21)7-8-16(19)22/h3-8,13-14H,2,9-12H2,1H3,(H,23,25). The van der Waals surface area contributed by atoms with Crippen LogP contribution in [0.5, 0.6) is 5.75 Å². The number of ether oxygens (including phenoxy) is 1. The number of para-hydroxylation sites is 2. The van der Waals surface area contributed by atoms with Gasteiger partial charge in [0.2, 0.25) is 15.9 Å². The van der Waals surface area contributed by atoms with E-state index < -0.39 is 10.0 Å². The van der Waals surface area contributed by atoms with Crippen LogP contribution < -0.4 is 10.1 Å². The lowest BCUT2D eigenvalue weighted by molar-refractivity contribution is -0.120. The monoisotopic (exact) mass is 456 g/mol. The number of anilines is 1. The van der Waals surface area contributed by atoms with E-state index >= 15 is 0 Å². The van der Waals surface area contributed by atoms with Gasteiger partial charge in [0.15, 0.2) is 0 Å². The van der Waals surface area contributed by atoms with Crippen molar-refractivity contribution < 1.29 is 17.9 Å². The summed E-state index contributed by atoms with van der Waals surface area (Å²) >= 11 is 12.0. The second kappa shape index (κ2) is 9.34. The van der Waals surface area contributed by atoms with Crippen molar-refractivity contribution in [3.63, 3.8) is 0 Å². The highest BCUT2D eigenvalue weighted by molar-refractivity contribution is 7.89. The van der Waals surface area contributed by atoms with E-state index in [1.54, 1.807) is 18.2 Å².